The first-order chi connectivity index (χ1) is 5.77. The Morgan fingerprint density at radius 2 is 1.92 bits per heavy atom. The number of rotatable bonds is 2. The molecule has 1 radical (unpaired) electrons. The minimum absolute atomic E-state index is 0.617. The van der Waals surface area contributed by atoms with E-state index < -0.39 is 0 Å². The molecule has 12 heavy (non-hydrogen) atoms. The van der Waals surface area contributed by atoms with Crippen molar-refractivity contribution in [2.75, 3.05) is 0 Å². The fraction of sp³-hybridized carbons (Fsp3) is 0.182. The topological polar surface area (TPSA) is 0 Å². The second-order valence-corrected chi connectivity index (χ2v) is 3.55. The van der Waals surface area contributed by atoms with Gasteiger partial charge in [-0.3, -0.25) is 0 Å². The monoisotopic (exact) mass is 177 g/mol. The summed E-state index contributed by atoms with van der Waals surface area (Å²) < 4.78 is 0. The average molecular weight is 178 g/mol. The van der Waals surface area contributed by atoms with Crippen molar-refractivity contribution in [2.24, 2.45) is 5.92 Å². The van der Waals surface area contributed by atoms with E-state index in [-0.39, 0.29) is 0 Å². The van der Waals surface area contributed by atoms with E-state index in [1.54, 1.807) is 0 Å². The largest absolute Gasteiger partial charge is 0.0949 e. The van der Waals surface area contributed by atoms with Gasteiger partial charge in [-0.1, -0.05) is 30.3 Å². The highest BCUT2D eigenvalue weighted by Gasteiger charge is 2.25. The van der Waals surface area contributed by atoms with Crippen LogP contribution in [0.2, 0.25) is 5.02 Å². The molecular weight excluding hydrogens is 168 g/mol. The molecule has 1 aromatic carbocycles. The Morgan fingerprint density at radius 1 is 1.33 bits per heavy atom. The summed E-state index contributed by atoms with van der Waals surface area (Å²) in [5.74, 6) is 0.617. The Morgan fingerprint density at radius 3 is 2.42 bits per heavy atom. The van der Waals surface area contributed by atoms with E-state index >= 15 is 0 Å². The molecule has 0 saturated heterocycles. The maximum absolute atomic E-state index is 5.77. The number of halogens is 1. The maximum atomic E-state index is 5.77. The van der Waals surface area contributed by atoms with Gasteiger partial charge in [-0.05, 0) is 42.0 Å². The molecule has 1 saturated carbocycles. The molecule has 1 unspecified atom stereocenters. The highest BCUT2D eigenvalue weighted by atomic mass is 35.5. The van der Waals surface area contributed by atoms with Gasteiger partial charge < -0.3 is 0 Å². The molecule has 1 aliphatic rings. The lowest BCUT2D eigenvalue weighted by molar-refractivity contribution is 1.19. The van der Waals surface area contributed by atoms with Crippen LogP contribution in [0.15, 0.2) is 30.8 Å². The summed E-state index contributed by atoms with van der Waals surface area (Å²) >= 11 is 5.77. The second-order valence-electron chi connectivity index (χ2n) is 3.11. The van der Waals surface area contributed by atoms with Crippen LogP contribution in [0, 0.1) is 12.3 Å². The molecule has 61 valence electrons. The molecule has 0 heterocycles. The van der Waals surface area contributed by atoms with Gasteiger partial charge in [0.05, 0.1) is 0 Å². The first-order valence-corrected chi connectivity index (χ1v) is 4.43. The number of benzene rings is 1. The van der Waals surface area contributed by atoms with Gasteiger partial charge in [-0.25, -0.2) is 0 Å². The van der Waals surface area contributed by atoms with Crippen LogP contribution in [0.1, 0.15) is 12.0 Å². The van der Waals surface area contributed by atoms with Crippen LogP contribution in [0.4, 0.5) is 0 Å². The third kappa shape index (κ3) is 1.54. The lowest BCUT2D eigenvalue weighted by Crippen LogP contribution is -1.83. The molecular formula is C11H10Cl. The number of hydrogen-bond donors (Lipinski definition) is 0. The van der Waals surface area contributed by atoms with Crippen molar-refractivity contribution in [1.82, 2.24) is 0 Å². The summed E-state index contributed by atoms with van der Waals surface area (Å²) in [5.41, 5.74) is 2.42. The molecule has 1 heteroatoms. The minimum atomic E-state index is 0.617. The molecule has 0 aromatic heterocycles. The molecule has 0 amide bonds. The molecule has 0 spiro atoms. The molecule has 0 nitrogen and oxygen atoms in total. The van der Waals surface area contributed by atoms with Crippen molar-refractivity contribution in [3.63, 3.8) is 0 Å². The zero-order valence-corrected chi connectivity index (χ0v) is 7.51. The standard InChI is InChI=1S/C11H10Cl/c1-8(9-2-3-9)10-4-6-11(12)7-5-10/h2,4-7,9H,1,3H2. The van der Waals surface area contributed by atoms with Crippen molar-refractivity contribution in [3.8, 4) is 0 Å². The Balaban J connectivity index is 2.22. The van der Waals surface area contributed by atoms with Crippen molar-refractivity contribution in [3.05, 3.63) is 47.9 Å². The Hall–Kier alpha value is -0.750. The van der Waals surface area contributed by atoms with Crippen LogP contribution in [-0.2, 0) is 0 Å². The van der Waals surface area contributed by atoms with Gasteiger partial charge in [-0.15, -0.1) is 0 Å². The zero-order valence-electron chi connectivity index (χ0n) is 6.76. The summed E-state index contributed by atoms with van der Waals surface area (Å²) in [6.45, 7) is 4.04. The molecule has 1 aromatic rings. The van der Waals surface area contributed by atoms with Crippen LogP contribution < -0.4 is 0 Å². The van der Waals surface area contributed by atoms with Crippen LogP contribution in [0.3, 0.4) is 0 Å². The normalized spacial score (nSPS) is 16.1. The van der Waals surface area contributed by atoms with E-state index in [1.807, 2.05) is 24.3 Å². The summed E-state index contributed by atoms with van der Waals surface area (Å²) in [7, 11) is 0. The van der Waals surface area contributed by atoms with Gasteiger partial charge >= 0.3 is 0 Å². The van der Waals surface area contributed by atoms with Gasteiger partial charge in [0.25, 0.3) is 0 Å². The molecule has 0 N–H and O–H groups in total. The predicted molar refractivity (Wildman–Crippen MR) is 52.9 cm³/mol. The van der Waals surface area contributed by atoms with E-state index in [1.165, 1.54) is 17.6 Å². The van der Waals surface area contributed by atoms with Gasteiger partial charge in [0.2, 0.25) is 0 Å². The summed E-state index contributed by atoms with van der Waals surface area (Å²) in [5, 5.41) is 0.784. The van der Waals surface area contributed by atoms with E-state index in [4.69, 9.17) is 11.6 Å². The van der Waals surface area contributed by atoms with Crippen LogP contribution in [-0.4, -0.2) is 0 Å². The SMILES string of the molecule is C=C(c1ccc(Cl)cc1)C1[CH]C1. The Kier molecular flexibility index (Phi) is 1.93. The number of allylic oxidation sites excluding steroid dienone is 1. The third-order valence-corrected chi connectivity index (χ3v) is 2.39. The average Bonchev–Trinajstić information content (AvgIpc) is 2.87. The first kappa shape index (κ1) is 7.88. The molecule has 2 rings (SSSR count). The van der Waals surface area contributed by atoms with Crippen molar-refractivity contribution < 1.29 is 0 Å². The molecule has 0 aliphatic heterocycles. The Bertz CT molecular complexity index is 293. The highest BCUT2D eigenvalue weighted by Crippen LogP contribution is 2.39. The van der Waals surface area contributed by atoms with Gasteiger partial charge in [-0.2, -0.15) is 0 Å². The summed E-state index contributed by atoms with van der Waals surface area (Å²) in [6.07, 6.45) is 3.44. The highest BCUT2D eigenvalue weighted by molar-refractivity contribution is 6.30. The summed E-state index contributed by atoms with van der Waals surface area (Å²) in [6, 6.07) is 7.86. The van der Waals surface area contributed by atoms with Gasteiger partial charge in [0.1, 0.15) is 0 Å². The maximum Gasteiger partial charge on any atom is 0.0406 e. The fourth-order valence-corrected chi connectivity index (χ4v) is 1.36. The fourth-order valence-electron chi connectivity index (χ4n) is 1.23. The lowest BCUT2D eigenvalue weighted by Gasteiger charge is -2.02. The van der Waals surface area contributed by atoms with Gasteiger partial charge in [0, 0.05) is 5.02 Å². The van der Waals surface area contributed by atoms with Crippen LogP contribution in [0.25, 0.3) is 5.57 Å². The molecule has 1 aliphatic carbocycles. The smallest absolute Gasteiger partial charge is 0.0406 e. The summed E-state index contributed by atoms with van der Waals surface area (Å²) in [4.78, 5) is 0. The zero-order chi connectivity index (χ0) is 8.55. The number of hydrogen-bond acceptors (Lipinski definition) is 0. The minimum Gasteiger partial charge on any atom is -0.0949 e. The quantitative estimate of drug-likeness (QED) is 0.648. The Labute approximate surface area is 77.9 Å². The van der Waals surface area contributed by atoms with Crippen molar-refractivity contribution in [2.45, 2.75) is 6.42 Å². The van der Waals surface area contributed by atoms with Crippen LogP contribution in [0.5, 0.6) is 0 Å². The van der Waals surface area contributed by atoms with Crippen LogP contribution >= 0.6 is 11.6 Å². The van der Waals surface area contributed by atoms with Crippen molar-refractivity contribution in [1.29, 1.82) is 0 Å². The first-order valence-electron chi connectivity index (χ1n) is 4.05. The van der Waals surface area contributed by atoms with E-state index in [0.717, 1.165) is 5.02 Å². The molecule has 1 fully saturated rings. The van der Waals surface area contributed by atoms with E-state index in [2.05, 4.69) is 13.0 Å². The molecule has 0 bridgehead atoms. The second kappa shape index (κ2) is 2.95. The third-order valence-electron chi connectivity index (χ3n) is 2.13. The molecule has 1 atom stereocenters. The van der Waals surface area contributed by atoms with E-state index in [0.29, 0.717) is 5.92 Å². The lowest BCUT2D eigenvalue weighted by atomic mass is 10.0. The van der Waals surface area contributed by atoms with Gasteiger partial charge in [0.15, 0.2) is 0 Å². The predicted octanol–water partition coefficient (Wildman–Crippen LogP) is 3.58. The van der Waals surface area contributed by atoms with Crippen molar-refractivity contribution >= 4 is 17.2 Å². The van der Waals surface area contributed by atoms with E-state index in [9.17, 15) is 0 Å².